The number of allylic oxidation sites excluding steroid dienone is 1. The summed E-state index contributed by atoms with van der Waals surface area (Å²) in [5, 5.41) is 9.35. The lowest BCUT2D eigenvalue weighted by atomic mass is 10.0. The first kappa shape index (κ1) is 8.41. The molecular weight excluding hydrogens is 192 g/mol. The molecule has 3 nitrogen and oxygen atoms in total. The van der Waals surface area contributed by atoms with Crippen LogP contribution in [0.25, 0.3) is 6.08 Å². The van der Waals surface area contributed by atoms with Gasteiger partial charge in [-0.05, 0) is 12.1 Å². The number of aliphatic hydroxyl groups is 1. The number of rotatable bonds is 0. The van der Waals surface area contributed by atoms with Gasteiger partial charge in [0, 0.05) is 23.6 Å². The highest BCUT2D eigenvalue weighted by Gasteiger charge is 2.16. The number of hydrogen-bond acceptors (Lipinski definition) is 3. The number of aliphatic hydroxyl groups excluding tert-OH is 1. The van der Waals surface area contributed by atoms with Crippen molar-refractivity contribution in [2.75, 3.05) is 6.61 Å². The van der Waals surface area contributed by atoms with E-state index in [-0.39, 0.29) is 5.76 Å². The van der Waals surface area contributed by atoms with Crippen LogP contribution >= 0.6 is 0 Å². The molecular formula is C12H10O3. The zero-order chi connectivity index (χ0) is 10.3. The molecule has 0 spiro atoms. The molecule has 0 atom stereocenters. The zero-order valence-corrected chi connectivity index (χ0v) is 8.06. The van der Waals surface area contributed by atoms with Gasteiger partial charge in [-0.2, -0.15) is 0 Å². The highest BCUT2D eigenvalue weighted by Crippen LogP contribution is 2.34. The van der Waals surface area contributed by atoms with Gasteiger partial charge in [0.15, 0.2) is 0 Å². The molecule has 2 aliphatic rings. The Hall–Kier alpha value is -1.90. The van der Waals surface area contributed by atoms with Crippen molar-refractivity contribution in [3.05, 3.63) is 41.4 Å². The van der Waals surface area contributed by atoms with Gasteiger partial charge in [0.1, 0.15) is 30.1 Å². The van der Waals surface area contributed by atoms with Crippen molar-refractivity contribution in [1.29, 1.82) is 0 Å². The van der Waals surface area contributed by atoms with Crippen LogP contribution in [0.15, 0.2) is 30.2 Å². The predicted octanol–water partition coefficient (Wildman–Crippen LogP) is 2.43. The van der Waals surface area contributed by atoms with Crippen LogP contribution in [0.2, 0.25) is 0 Å². The van der Waals surface area contributed by atoms with Crippen LogP contribution < -0.4 is 9.47 Å². The molecule has 1 N–H and O–H groups in total. The van der Waals surface area contributed by atoms with Gasteiger partial charge < -0.3 is 14.6 Å². The standard InChI is InChI=1S/C12H10O3/c13-10-5-9-4-8-2-1-3-14-11(8)6-12(9)15-7-10/h1-2,4,6-7,13H,3,5H2. The fourth-order valence-electron chi connectivity index (χ4n) is 1.81. The molecule has 2 aliphatic heterocycles. The number of fused-ring (bicyclic) bond motifs is 2. The largest absolute Gasteiger partial charge is 0.509 e. The van der Waals surface area contributed by atoms with E-state index in [1.54, 1.807) is 0 Å². The topological polar surface area (TPSA) is 38.7 Å². The molecule has 0 amide bonds. The van der Waals surface area contributed by atoms with Crippen molar-refractivity contribution < 1.29 is 14.6 Å². The highest BCUT2D eigenvalue weighted by atomic mass is 16.5. The van der Waals surface area contributed by atoms with Crippen LogP contribution in [-0.4, -0.2) is 11.7 Å². The fraction of sp³-hybridized carbons (Fsp3) is 0.167. The van der Waals surface area contributed by atoms with Crippen LogP contribution in [0.5, 0.6) is 11.5 Å². The Morgan fingerprint density at radius 1 is 1.20 bits per heavy atom. The van der Waals surface area contributed by atoms with Gasteiger partial charge in [-0.1, -0.05) is 6.08 Å². The minimum Gasteiger partial charge on any atom is -0.509 e. The minimum atomic E-state index is 0.253. The maximum absolute atomic E-state index is 9.35. The molecule has 0 unspecified atom stereocenters. The molecule has 1 aromatic rings. The van der Waals surface area contributed by atoms with Gasteiger partial charge in [-0.25, -0.2) is 0 Å². The van der Waals surface area contributed by atoms with E-state index in [4.69, 9.17) is 9.47 Å². The molecule has 0 bridgehead atoms. The van der Waals surface area contributed by atoms with Gasteiger partial charge in [0.05, 0.1) is 0 Å². The predicted molar refractivity (Wildman–Crippen MR) is 56.0 cm³/mol. The molecule has 0 aromatic heterocycles. The normalized spacial score (nSPS) is 16.9. The molecule has 0 aliphatic carbocycles. The Labute approximate surface area is 87.3 Å². The smallest absolute Gasteiger partial charge is 0.134 e. The van der Waals surface area contributed by atoms with Crippen molar-refractivity contribution in [2.45, 2.75) is 6.42 Å². The average Bonchev–Trinajstić information content (AvgIpc) is 2.26. The Balaban J connectivity index is 2.10. The van der Waals surface area contributed by atoms with E-state index in [2.05, 4.69) is 0 Å². The van der Waals surface area contributed by atoms with Crippen LogP contribution in [0, 0.1) is 0 Å². The number of benzene rings is 1. The van der Waals surface area contributed by atoms with Crippen molar-refractivity contribution in [2.24, 2.45) is 0 Å². The molecule has 76 valence electrons. The average molecular weight is 202 g/mol. The first-order valence-corrected chi connectivity index (χ1v) is 4.84. The molecule has 2 heterocycles. The van der Waals surface area contributed by atoms with Crippen molar-refractivity contribution in [3.8, 4) is 11.5 Å². The lowest BCUT2D eigenvalue weighted by Crippen LogP contribution is -2.06. The molecule has 3 rings (SSSR count). The second-order valence-corrected chi connectivity index (χ2v) is 3.61. The lowest BCUT2D eigenvalue weighted by molar-refractivity contribution is 0.333. The summed E-state index contributed by atoms with van der Waals surface area (Å²) in [6, 6.07) is 3.86. The number of ether oxygens (including phenoxy) is 2. The molecule has 0 saturated carbocycles. The Morgan fingerprint density at radius 2 is 2.13 bits per heavy atom. The van der Waals surface area contributed by atoms with E-state index >= 15 is 0 Å². The molecule has 0 saturated heterocycles. The van der Waals surface area contributed by atoms with E-state index in [1.165, 1.54) is 6.26 Å². The summed E-state index contributed by atoms with van der Waals surface area (Å²) in [7, 11) is 0. The first-order chi connectivity index (χ1) is 7.33. The molecule has 1 aromatic carbocycles. The molecule has 15 heavy (non-hydrogen) atoms. The van der Waals surface area contributed by atoms with Crippen molar-refractivity contribution in [1.82, 2.24) is 0 Å². The van der Waals surface area contributed by atoms with Gasteiger partial charge in [-0.15, -0.1) is 0 Å². The van der Waals surface area contributed by atoms with Gasteiger partial charge in [-0.3, -0.25) is 0 Å². The van der Waals surface area contributed by atoms with Gasteiger partial charge in [0.2, 0.25) is 0 Å². The summed E-state index contributed by atoms with van der Waals surface area (Å²) >= 11 is 0. The number of hydrogen-bond donors (Lipinski definition) is 1. The van der Waals surface area contributed by atoms with E-state index in [1.807, 2.05) is 24.3 Å². The summed E-state index contributed by atoms with van der Waals surface area (Å²) in [5.41, 5.74) is 2.03. The Kier molecular flexibility index (Phi) is 1.71. The second kappa shape index (κ2) is 3.05. The van der Waals surface area contributed by atoms with Crippen LogP contribution in [0.4, 0.5) is 0 Å². The Morgan fingerprint density at radius 3 is 3.07 bits per heavy atom. The quantitative estimate of drug-likeness (QED) is 0.702. The Bertz CT molecular complexity index is 472. The summed E-state index contributed by atoms with van der Waals surface area (Å²) in [6.45, 7) is 0.604. The van der Waals surface area contributed by atoms with E-state index in [0.717, 1.165) is 22.6 Å². The summed E-state index contributed by atoms with van der Waals surface area (Å²) < 4.78 is 10.8. The van der Waals surface area contributed by atoms with E-state index < -0.39 is 0 Å². The van der Waals surface area contributed by atoms with Crippen molar-refractivity contribution in [3.63, 3.8) is 0 Å². The summed E-state index contributed by atoms with van der Waals surface area (Å²) in [5.74, 6) is 1.86. The minimum absolute atomic E-state index is 0.253. The molecule has 0 fully saturated rings. The van der Waals surface area contributed by atoms with Crippen LogP contribution in [-0.2, 0) is 6.42 Å². The van der Waals surface area contributed by atoms with Crippen LogP contribution in [0.3, 0.4) is 0 Å². The summed E-state index contributed by atoms with van der Waals surface area (Å²) in [4.78, 5) is 0. The lowest BCUT2D eigenvalue weighted by Gasteiger charge is -2.19. The van der Waals surface area contributed by atoms with Gasteiger partial charge in [0.25, 0.3) is 0 Å². The SMILES string of the molecule is OC1=COc2cc3c(cc2C1)C=CCO3. The van der Waals surface area contributed by atoms with E-state index in [0.29, 0.717) is 13.0 Å². The molecule has 3 heteroatoms. The third-order valence-corrected chi connectivity index (χ3v) is 2.52. The van der Waals surface area contributed by atoms with Crippen LogP contribution in [0.1, 0.15) is 11.1 Å². The second-order valence-electron chi connectivity index (χ2n) is 3.61. The van der Waals surface area contributed by atoms with Gasteiger partial charge >= 0.3 is 0 Å². The fourth-order valence-corrected chi connectivity index (χ4v) is 1.81. The third-order valence-electron chi connectivity index (χ3n) is 2.52. The van der Waals surface area contributed by atoms with Crippen molar-refractivity contribution >= 4 is 6.08 Å². The zero-order valence-electron chi connectivity index (χ0n) is 8.06. The maximum Gasteiger partial charge on any atom is 0.134 e. The summed E-state index contributed by atoms with van der Waals surface area (Å²) in [6.07, 6.45) is 5.88. The third kappa shape index (κ3) is 1.36. The maximum atomic E-state index is 9.35. The monoisotopic (exact) mass is 202 g/mol. The van der Waals surface area contributed by atoms with E-state index in [9.17, 15) is 5.11 Å². The molecule has 0 radical (unpaired) electrons. The first-order valence-electron chi connectivity index (χ1n) is 4.84. The highest BCUT2D eigenvalue weighted by molar-refractivity contribution is 5.63.